The predicted octanol–water partition coefficient (Wildman–Crippen LogP) is 4.26. The second kappa shape index (κ2) is 9.19. The number of hydrogen-bond acceptors (Lipinski definition) is 7. The van der Waals surface area contributed by atoms with Crippen molar-refractivity contribution in [3.8, 4) is 0 Å². The summed E-state index contributed by atoms with van der Waals surface area (Å²) in [6.07, 6.45) is 3.55. The third-order valence-electron chi connectivity index (χ3n) is 7.42. The van der Waals surface area contributed by atoms with Crippen LogP contribution in [-0.4, -0.2) is 59.7 Å². The van der Waals surface area contributed by atoms with E-state index in [4.69, 9.17) is 4.98 Å². The third-order valence-corrected chi connectivity index (χ3v) is 7.42. The largest absolute Gasteiger partial charge is 0.336 e. The fourth-order valence-electron chi connectivity index (χ4n) is 5.63. The molecule has 0 radical (unpaired) electrons. The van der Waals surface area contributed by atoms with Gasteiger partial charge in [-0.1, -0.05) is 6.07 Å². The molecule has 0 bridgehead atoms. The molecule has 190 valence electrons. The van der Waals surface area contributed by atoms with Gasteiger partial charge in [-0.2, -0.15) is 15.4 Å². The first kappa shape index (κ1) is 23.5. The number of likely N-dealkylation sites (tertiary alicyclic amines) is 1. The van der Waals surface area contributed by atoms with Gasteiger partial charge in [0.15, 0.2) is 0 Å². The van der Waals surface area contributed by atoms with Crippen LogP contribution in [0.2, 0.25) is 0 Å². The molecule has 2 aliphatic rings. The number of hydrogen-bond donors (Lipinski definition) is 2. The van der Waals surface area contributed by atoms with Gasteiger partial charge >= 0.3 is 0 Å². The molecule has 6 rings (SSSR count). The van der Waals surface area contributed by atoms with E-state index in [2.05, 4.69) is 62.7 Å². The number of piperidine rings is 1. The number of fused-ring (bicyclic) bond motifs is 2. The van der Waals surface area contributed by atoms with E-state index >= 15 is 0 Å². The van der Waals surface area contributed by atoms with Crippen LogP contribution in [0.25, 0.3) is 11.0 Å². The first-order valence-corrected chi connectivity index (χ1v) is 12.6. The molecule has 0 unspecified atom stereocenters. The van der Waals surface area contributed by atoms with Crippen molar-refractivity contribution in [3.05, 3.63) is 70.3 Å². The molecule has 0 spiro atoms. The Labute approximate surface area is 214 Å². The fourth-order valence-corrected chi connectivity index (χ4v) is 5.63. The number of aromatic amines is 1. The zero-order chi connectivity index (χ0) is 25.7. The summed E-state index contributed by atoms with van der Waals surface area (Å²) in [4.78, 5) is 26.8. The molecule has 10 heteroatoms. The first-order chi connectivity index (χ1) is 17.8. The van der Waals surface area contributed by atoms with Gasteiger partial charge in [0.25, 0.3) is 5.91 Å². The smallest absolute Gasteiger partial charge is 0.257 e. The van der Waals surface area contributed by atoms with Crippen molar-refractivity contribution in [2.45, 2.75) is 58.8 Å². The van der Waals surface area contributed by atoms with Gasteiger partial charge in [-0.15, -0.1) is 0 Å². The van der Waals surface area contributed by atoms with E-state index < -0.39 is 5.82 Å². The van der Waals surface area contributed by atoms with Crippen molar-refractivity contribution < 1.29 is 9.18 Å². The van der Waals surface area contributed by atoms with E-state index in [0.29, 0.717) is 29.6 Å². The summed E-state index contributed by atoms with van der Waals surface area (Å²) in [6.45, 7) is 8.30. The lowest BCUT2D eigenvalue weighted by Crippen LogP contribution is -2.50. The van der Waals surface area contributed by atoms with Crippen LogP contribution in [0.4, 0.5) is 16.0 Å². The van der Waals surface area contributed by atoms with Gasteiger partial charge in [-0.25, -0.2) is 14.4 Å². The quantitative estimate of drug-likeness (QED) is 0.432. The Kier molecular flexibility index (Phi) is 5.83. The normalized spacial score (nSPS) is 19.8. The molecule has 0 aliphatic carbocycles. The van der Waals surface area contributed by atoms with Gasteiger partial charge < -0.3 is 10.2 Å². The predicted molar refractivity (Wildman–Crippen MR) is 138 cm³/mol. The number of carbonyl (C=O) groups is 1. The molecule has 2 aliphatic heterocycles. The summed E-state index contributed by atoms with van der Waals surface area (Å²) in [5.74, 6) is -0.268. The van der Waals surface area contributed by atoms with Crippen molar-refractivity contribution in [3.63, 3.8) is 0 Å². The number of carbonyl (C=O) groups excluding carboxylic acids is 1. The van der Waals surface area contributed by atoms with Crippen molar-refractivity contribution in [2.24, 2.45) is 0 Å². The molecule has 2 aromatic heterocycles. The topological polar surface area (TPSA) is 103 Å². The minimum absolute atomic E-state index is 0.0183. The lowest BCUT2D eigenvalue weighted by atomic mass is 9.96. The van der Waals surface area contributed by atoms with Crippen LogP contribution in [0.15, 0.2) is 36.5 Å². The van der Waals surface area contributed by atoms with Crippen LogP contribution in [-0.2, 0) is 13.1 Å². The molecule has 1 fully saturated rings. The Morgan fingerprint density at radius 2 is 1.84 bits per heavy atom. The number of aromatic nitrogens is 5. The highest BCUT2D eigenvalue weighted by Crippen LogP contribution is 2.31. The lowest BCUT2D eigenvalue weighted by Gasteiger charge is -2.41. The van der Waals surface area contributed by atoms with Crippen LogP contribution in [0.3, 0.4) is 0 Å². The summed E-state index contributed by atoms with van der Waals surface area (Å²) < 4.78 is 14.7. The SMILES string of the molecule is Cc1cc(C)cc(Nc2ncc3c(n2)CN([C@@H]2CCN(C(=O)c4cc5n[nH]nc5cc4F)[C@H](C)C2)C3)c1. The molecule has 1 saturated heterocycles. The summed E-state index contributed by atoms with van der Waals surface area (Å²) in [6, 6.07) is 9.34. The number of halogens is 1. The van der Waals surface area contributed by atoms with E-state index in [1.807, 2.05) is 13.1 Å². The Morgan fingerprint density at radius 1 is 1.08 bits per heavy atom. The van der Waals surface area contributed by atoms with Crippen molar-refractivity contribution in [1.82, 2.24) is 35.2 Å². The Balaban J connectivity index is 1.11. The van der Waals surface area contributed by atoms with Crippen molar-refractivity contribution in [2.75, 3.05) is 11.9 Å². The number of benzene rings is 2. The van der Waals surface area contributed by atoms with E-state index in [1.165, 1.54) is 23.3 Å². The number of amides is 1. The molecule has 4 heterocycles. The number of rotatable bonds is 4. The molecular formula is C27H29FN8O. The van der Waals surface area contributed by atoms with Crippen LogP contribution in [0.5, 0.6) is 0 Å². The van der Waals surface area contributed by atoms with Crippen LogP contribution >= 0.6 is 0 Å². The summed E-state index contributed by atoms with van der Waals surface area (Å²) in [5, 5.41) is 13.7. The molecule has 9 nitrogen and oxygen atoms in total. The highest BCUT2D eigenvalue weighted by atomic mass is 19.1. The maximum absolute atomic E-state index is 14.7. The number of H-pyrrole nitrogens is 1. The van der Waals surface area contributed by atoms with Gasteiger partial charge in [0.05, 0.1) is 11.3 Å². The summed E-state index contributed by atoms with van der Waals surface area (Å²) in [5.41, 5.74) is 6.47. The Morgan fingerprint density at radius 3 is 2.59 bits per heavy atom. The number of aryl methyl sites for hydroxylation is 2. The highest BCUT2D eigenvalue weighted by Gasteiger charge is 2.35. The summed E-state index contributed by atoms with van der Waals surface area (Å²) in [7, 11) is 0. The fraction of sp³-hybridized carbons (Fsp3) is 0.370. The van der Waals surface area contributed by atoms with Crippen LogP contribution in [0.1, 0.15) is 52.5 Å². The number of nitrogens with zero attached hydrogens (tertiary/aromatic N) is 6. The number of anilines is 2. The monoisotopic (exact) mass is 500 g/mol. The first-order valence-electron chi connectivity index (χ1n) is 12.6. The minimum Gasteiger partial charge on any atom is -0.336 e. The van der Waals surface area contributed by atoms with Crippen LogP contribution < -0.4 is 5.32 Å². The second-order valence-corrected chi connectivity index (χ2v) is 10.2. The Bertz CT molecular complexity index is 1480. The maximum atomic E-state index is 14.7. The minimum atomic E-state index is -0.570. The van der Waals surface area contributed by atoms with Gasteiger partial charge in [0.2, 0.25) is 5.95 Å². The molecule has 4 aromatic rings. The maximum Gasteiger partial charge on any atom is 0.257 e. The molecule has 2 aromatic carbocycles. The molecule has 1 amide bonds. The molecule has 2 atom stereocenters. The van der Waals surface area contributed by atoms with Crippen molar-refractivity contribution >= 4 is 28.6 Å². The Hall–Kier alpha value is -3.92. The van der Waals surface area contributed by atoms with Gasteiger partial charge in [0, 0.05) is 55.2 Å². The van der Waals surface area contributed by atoms with E-state index in [-0.39, 0.29) is 17.5 Å². The second-order valence-electron chi connectivity index (χ2n) is 10.2. The highest BCUT2D eigenvalue weighted by molar-refractivity contribution is 5.97. The van der Waals surface area contributed by atoms with E-state index in [0.717, 1.165) is 42.9 Å². The van der Waals surface area contributed by atoms with E-state index in [9.17, 15) is 9.18 Å². The van der Waals surface area contributed by atoms with Gasteiger partial charge in [-0.05, 0) is 62.9 Å². The standard InChI is InChI=1S/C27H29FN8O/c1-15-6-16(2)8-19(7-15)30-27-29-12-18-13-35(14-25(18)31-27)20-4-5-36(17(3)9-20)26(37)21-10-23-24(11-22(21)28)33-34-32-23/h6-8,10-12,17,20H,4-5,9,13-14H2,1-3H3,(H,29,30,31)(H,32,33,34)/t17-,20-/m1/s1. The van der Waals surface area contributed by atoms with Crippen molar-refractivity contribution in [1.29, 1.82) is 0 Å². The van der Waals surface area contributed by atoms with Gasteiger partial charge in [-0.3, -0.25) is 9.69 Å². The van der Waals surface area contributed by atoms with Gasteiger partial charge in [0.1, 0.15) is 16.9 Å². The summed E-state index contributed by atoms with van der Waals surface area (Å²) >= 11 is 0. The average molecular weight is 501 g/mol. The van der Waals surface area contributed by atoms with E-state index in [1.54, 1.807) is 4.90 Å². The molecule has 37 heavy (non-hydrogen) atoms. The third kappa shape index (κ3) is 4.53. The zero-order valence-corrected chi connectivity index (χ0v) is 21.1. The average Bonchev–Trinajstić information content (AvgIpc) is 3.48. The zero-order valence-electron chi connectivity index (χ0n) is 21.1. The van der Waals surface area contributed by atoms with Crippen LogP contribution in [0, 0.1) is 19.7 Å². The molecular weight excluding hydrogens is 471 g/mol. The molecule has 0 saturated carbocycles. The number of nitrogens with one attached hydrogen (secondary N) is 2. The molecule has 2 N–H and O–H groups in total. The lowest BCUT2D eigenvalue weighted by molar-refractivity contribution is 0.0457.